The van der Waals surface area contributed by atoms with Gasteiger partial charge in [-0.15, -0.1) is 0 Å². The molecule has 0 saturated carbocycles. The lowest BCUT2D eigenvalue weighted by atomic mass is 10.2. The van der Waals surface area contributed by atoms with Crippen molar-refractivity contribution in [3.63, 3.8) is 0 Å². The summed E-state index contributed by atoms with van der Waals surface area (Å²) in [4.78, 5) is 12.3. The van der Waals surface area contributed by atoms with Gasteiger partial charge in [0.05, 0.1) is 10.9 Å². The monoisotopic (exact) mass is 391 g/mol. The zero-order valence-corrected chi connectivity index (χ0v) is 15.5. The van der Waals surface area contributed by atoms with E-state index in [0.717, 1.165) is 0 Å². The summed E-state index contributed by atoms with van der Waals surface area (Å²) in [5.41, 5.74) is 0.479. The number of hydrogen-bond donors (Lipinski definition) is 3. The van der Waals surface area contributed by atoms with E-state index in [-0.39, 0.29) is 16.9 Å². The van der Waals surface area contributed by atoms with Crippen LogP contribution in [0.3, 0.4) is 0 Å². The number of benzene rings is 2. The molecule has 0 saturated heterocycles. The molecule has 8 nitrogen and oxygen atoms in total. The highest BCUT2D eigenvalue weighted by Gasteiger charge is 2.22. The molecule has 1 amide bonds. The topological polar surface area (TPSA) is 120 Å². The molecule has 0 aliphatic carbocycles. The molecule has 0 spiro atoms. The smallest absolute Gasteiger partial charge is 0.241 e. The van der Waals surface area contributed by atoms with Crippen molar-refractivity contribution in [2.45, 2.75) is 24.0 Å². The summed E-state index contributed by atoms with van der Waals surface area (Å²) in [6.45, 7) is 2.56. The normalized spacial score (nSPS) is 17.2. The van der Waals surface area contributed by atoms with Crippen molar-refractivity contribution in [3.05, 3.63) is 48.5 Å². The van der Waals surface area contributed by atoms with Crippen LogP contribution in [0.4, 0.5) is 5.69 Å². The summed E-state index contributed by atoms with van der Waals surface area (Å²) < 4.78 is 34.0. The lowest BCUT2D eigenvalue weighted by Crippen LogP contribution is -2.45. The predicted molar refractivity (Wildman–Crippen MR) is 100 cm³/mol. The number of sulfonamides is 1. The summed E-state index contributed by atoms with van der Waals surface area (Å²) in [6.07, 6.45) is -0.204. The van der Waals surface area contributed by atoms with Gasteiger partial charge in [0.1, 0.15) is 12.7 Å². The molecule has 2 aromatic rings. The first-order chi connectivity index (χ1) is 12.8. The van der Waals surface area contributed by atoms with Crippen LogP contribution < -0.4 is 25.2 Å². The molecule has 144 valence electrons. The van der Waals surface area contributed by atoms with Gasteiger partial charge in [-0.2, -0.15) is 0 Å². The van der Waals surface area contributed by atoms with E-state index in [2.05, 4.69) is 10.6 Å². The fourth-order valence-corrected chi connectivity index (χ4v) is 3.06. The molecular formula is C18H21N3O5S. The predicted octanol–water partition coefficient (Wildman–Crippen LogP) is 1.09. The van der Waals surface area contributed by atoms with E-state index in [1.165, 1.54) is 24.3 Å². The Morgan fingerprint density at radius 1 is 1.19 bits per heavy atom. The molecule has 2 aromatic carbocycles. The quantitative estimate of drug-likeness (QED) is 0.678. The van der Waals surface area contributed by atoms with Gasteiger partial charge in [-0.1, -0.05) is 12.1 Å². The highest BCUT2D eigenvalue weighted by molar-refractivity contribution is 7.89. The van der Waals surface area contributed by atoms with Gasteiger partial charge in [0.2, 0.25) is 15.9 Å². The van der Waals surface area contributed by atoms with E-state index in [4.69, 9.17) is 14.6 Å². The molecule has 2 atom stereocenters. The molecule has 1 aliphatic rings. The van der Waals surface area contributed by atoms with E-state index in [0.29, 0.717) is 30.3 Å². The van der Waals surface area contributed by atoms with E-state index in [1.54, 1.807) is 6.92 Å². The van der Waals surface area contributed by atoms with Crippen LogP contribution in [0.1, 0.15) is 6.92 Å². The fraction of sp³-hybridized carbons (Fsp3) is 0.278. The molecule has 3 rings (SSSR count). The van der Waals surface area contributed by atoms with Crippen LogP contribution in [-0.4, -0.2) is 39.6 Å². The Morgan fingerprint density at radius 2 is 1.85 bits per heavy atom. The number of hydrogen-bond acceptors (Lipinski definition) is 6. The summed E-state index contributed by atoms with van der Waals surface area (Å²) in [7, 11) is -3.76. The molecule has 4 N–H and O–H groups in total. The minimum Gasteiger partial charge on any atom is -0.486 e. The lowest BCUT2D eigenvalue weighted by Gasteiger charge is -2.27. The molecule has 1 heterocycles. The van der Waals surface area contributed by atoms with Crippen molar-refractivity contribution in [1.82, 2.24) is 5.32 Å². The van der Waals surface area contributed by atoms with Gasteiger partial charge in [-0.3, -0.25) is 4.79 Å². The number of amides is 1. The maximum atomic E-state index is 12.3. The summed E-state index contributed by atoms with van der Waals surface area (Å²) >= 11 is 0. The first-order valence-corrected chi connectivity index (χ1v) is 9.93. The van der Waals surface area contributed by atoms with Gasteiger partial charge in [0.15, 0.2) is 11.5 Å². The fourth-order valence-electron chi connectivity index (χ4n) is 2.54. The van der Waals surface area contributed by atoms with Crippen LogP contribution in [0, 0.1) is 0 Å². The number of para-hydroxylation sites is 2. The summed E-state index contributed by atoms with van der Waals surface area (Å²) in [5.74, 6) is 1.14. The van der Waals surface area contributed by atoms with Gasteiger partial charge < -0.3 is 20.1 Å². The highest BCUT2D eigenvalue weighted by Crippen LogP contribution is 2.30. The van der Waals surface area contributed by atoms with Crippen molar-refractivity contribution in [2.24, 2.45) is 5.14 Å². The Bertz CT molecular complexity index is 915. The molecule has 0 bridgehead atoms. The largest absolute Gasteiger partial charge is 0.486 e. The maximum Gasteiger partial charge on any atom is 0.241 e. The number of nitrogens with one attached hydrogen (secondary N) is 2. The van der Waals surface area contributed by atoms with E-state index >= 15 is 0 Å². The molecular weight excluding hydrogens is 370 g/mol. The molecule has 27 heavy (non-hydrogen) atoms. The Labute approximate surface area is 157 Å². The average Bonchev–Trinajstić information content (AvgIpc) is 2.65. The average molecular weight is 391 g/mol. The number of carbonyl (C=O) groups is 1. The van der Waals surface area contributed by atoms with Crippen LogP contribution in [0.25, 0.3) is 0 Å². The van der Waals surface area contributed by atoms with Crippen LogP contribution in [0.2, 0.25) is 0 Å². The standard InChI is InChI=1S/C18H21N3O5S/c1-12(18(22)21-13-6-8-15(9-7-13)27(19,23)24)20-10-14-11-25-16-4-2-3-5-17(16)26-14/h2-9,12,14,20H,10-11H2,1H3,(H,21,22)(H2,19,23,24)/t12-,14+/m0/s1. The molecule has 0 fully saturated rings. The maximum absolute atomic E-state index is 12.3. The number of rotatable bonds is 6. The van der Waals surface area contributed by atoms with Gasteiger partial charge in [0, 0.05) is 12.2 Å². The lowest BCUT2D eigenvalue weighted by molar-refractivity contribution is -0.117. The second-order valence-corrected chi connectivity index (χ2v) is 7.75. The van der Waals surface area contributed by atoms with Crippen LogP contribution in [-0.2, 0) is 14.8 Å². The third-order valence-electron chi connectivity index (χ3n) is 4.06. The minimum atomic E-state index is -3.76. The van der Waals surface area contributed by atoms with E-state index in [9.17, 15) is 13.2 Å². The zero-order chi connectivity index (χ0) is 19.4. The van der Waals surface area contributed by atoms with Crippen LogP contribution in [0.15, 0.2) is 53.4 Å². The minimum absolute atomic E-state index is 0.0126. The number of anilines is 1. The number of carbonyl (C=O) groups excluding carboxylic acids is 1. The van der Waals surface area contributed by atoms with Crippen molar-refractivity contribution in [3.8, 4) is 11.5 Å². The van der Waals surface area contributed by atoms with Gasteiger partial charge in [-0.05, 0) is 43.3 Å². The van der Waals surface area contributed by atoms with Crippen molar-refractivity contribution in [1.29, 1.82) is 0 Å². The Kier molecular flexibility index (Phi) is 5.64. The van der Waals surface area contributed by atoms with Crippen molar-refractivity contribution in [2.75, 3.05) is 18.5 Å². The first-order valence-electron chi connectivity index (χ1n) is 8.38. The highest BCUT2D eigenvalue weighted by atomic mass is 32.2. The summed E-state index contributed by atoms with van der Waals surface area (Å²) in [5, 5.41) is 10.9. The molecule has 9 heteroatoms. The Morgan fingerprint density at radius 3 is 2.52 bits per heavy atom. The zero-order valence-electron chi connectivity index (χ0n) is 14.7. The van der Waals surface area contributed by atoms with Crippen molar-refractivity contribution >= 4 is 21.6 Å². The Hall–Kier alpha value is -2.62. The number of fused-ring (bicyclic) bond motifs is 1. The first kappa shape index (κ1) is 19.2. The van der Waals surface area contributed by atoms with Crippen LogP contribution in [0.5, 0.6) is 11.5 Å². The number of primary sulfonamides is 1. The second kappa shape index (κ2) is 7.95. The second-order valence-electron chi connectivity index (χ2n) is 6.19. The van der Waals surface area contributed by atoms with Gasteiger partial charge in [0.25, 0.3) is 0 Å². The van der Waals surface area contributed by atoms with E-state index in [1.807, 2.05) is 24.3 Å². The number of nitrogens with two attached hydrogens (primary N) is 1. The van der Waals surface area contributed by atoms with Gasteiger partial charge >= 0.3 is 0 Å². The van der Waals surface area contributed by atoms with Crippen molar-refractivity contribution < 1.29 is 22.7 Å². The molecule has 0 aromatic heterocycles. The number of ether oxygens (including phenoxy) is 2. The molecule has 1 aliphatic heterocycles. The SMILES string of the molecule is C[C@H](NC[C@@H]1COc2ccccc2O1)C(=O)Nc1ccc(S(N)(=O)=O)cc1. The molecule has 0 radical (unpaired) electrons. The Balaban J connectivity index is 1.50. The third-order valence-corrected chi connectivity index (χ3v) is 4.99. The molecule has 0 unspecified atom stereocenters. The van der Waals surface area contributed by atoms with Crippen LogP contribution >= 0.6 is 0 Å². The van der Waals surface area contributed by atoms with E-state index < -0.39 is 16.1 Å². The summed E-state index contributed by atoms with van der Waals surface area (Å²) in [6, 6.07) is 12.6. The van der Waals surface area contributed by atoms with Gasteiger partial charge in [-0.25, -0.2) is 13.6 Å². The third kappa shape index (κ3) is 4.97.